The van der Waals surface area contributed by atoms with Gasteiger partial charge in [0.25, 0.3) is 15.7 Å². The van der Waals surface area contributed by atoms with Gasteiger partial charge in [0.15, 0.2) is 17.3 Å². The quantitative estimate of drug-likeness (QED) is 0.477. The van der Waals surface area contributed by atoms with Gasteiger partial charge in [0.05, 0.1) is 18.2 Å². The number of non-ortho nitro benzene ring substituents is 1. The highest BCUT2D eigenvalue weighted by Gasteiger charge is 2.32. The van der Waals surface area contributed by atoms with Gasteiger partial charge in [-0.25, -0.2) is 5.01 Å². The molecule has 1 aliphatic rings. The lowest BCUT2D eigenvalue weighted by atomic mass is 10.2. The minimum absolute atomic E-state index is 0.0125. The average Bonchev–Trinajstić information content (AvgIpc) is 2.91. The van der Waals surface area contributed by atoms with Gasteiger partial charge in [-0.15, -0.1) is 4.40 Å². The normalized spacial score (nSPS) is 14.7. The van der Waals surface area contributed by atoms with Crippen molar-refractivity contribution in [2.45, 2.75) is 4.90 Å². The molecule has 10 nitrogen and oxygen atoms in total. The van der Waals surface area contributed by atoms with E-state index in [-0.39, 0.29) is 33.5 Å². The second-order valence-corrected chi connectivity index (χ2v) is 7.07. The summed E-state index contributed by atoms with van der Waals surface area (Å²) in [4.78, 5) is 9.95. The zero-order valence-electron chi connectivity index (χ0n) is 14.2. The number of nitrogens with zero attached hydrogens (tertiary/aromatic N) is 4. The van der Waals surface area contributed by atoms with E-state index in [0.717, 1.165) is 6.07 Å². The highest BCUT2D eigenvalue weighted by Crippen LogP contribution is 2.31. The first-order valence-electron chi connectivity index (χ1n) is 7.52. The number of rotatable bonds is 4. The third kappa shape index (κ3) is 3.31. The van der Waals surface area contributed by atoms with E-state index >= 15 is 0 Å². The van der Waals surface area contributed by atoms with Gasteiger partial charge in [-0.1, -0.05) is 6.07 Å². The number of nitro benzene ring substituents is 1. The van der Waals surface area contributed by atoms with Crippen molar-refractivity contribution in [2.75, 3.05) is 14.2 Å². The number of para-hydroxylation sites is 1. The molecule has 0 bridgehead atoms. The molecule has 0 saturated heterocycles. The lowest BCUT2D eigenvalue weighted by Gasteiger charge is -2.12. The monoisotopic (exact) mass is 390 g/mol. The zero-order chi connectivity index (χ0) is 19.8. The summed E-state index contributed by atoms with van der Waals surface area (Å²) in [6, 6.07) is 8.30. The summed E-state index contributed by atoms with van der Waals surface area (Å²) in [5.41, 5.74) is 0.211. The Morgan fingerprint density at radius 3 is 2.74 bits per heavy atom. The summed E-state index contributed by atoms with van der Waals surface area (Å²) in [5, 5.41) is 26.2. The lowest BCUT2D eigenvalue weighted by molar-refractivity contribution is -0.385. The second-order valence-electron chi connectivity index (χ2n) is 5.49. The molecule has 0 radical (unpaired) electrons. The maximum atomic E-state index is 12.2. The molecule has 0 saturated carbocycles. The Kier molecular flexibility index (Phi) is 4.54. The fourth-order valence-corrected chi connectivity index (χ4v) is 3.73. The molecular weight excluding hydrogens is 376 g/mol. The van der Waals surface area contributed by atoms with Crippen LogP contribution in [0.25, 0.3) is 0 Å². The van der Waals surface area contributed by atoms with Crippen LogP contribution in [-0.2, 0) is 10.0 Å². The lowest BCUT2D eigenvalue weighted by Crippen LogP contribution is -2.21. The van der Waals surface area contributed by atoms with Gasteiger partial charge in [0.2, 0.25) is 0 Å². The van der Waals surface area contributed by atoms with Crippen LogP contribution >= 0.6 is 0 Å². The average molecular weight is 390 g/mol. The molecule has 2 aromatic carbocycles. The van der Waals surface area contributed by atoms with Gasteiger partial charge in [0.1, 0.15) is 4.90 Å². The molecule has 0 aromatic heterocycles. The first kappa shape index (κ1) is 18.3. The number of phenolic OH excluding ortho intramolecular Hbond substituents is 1. The summed E-state index contributed by atoms with van der Waals surface area (Å²) < 4.78 is 33.1. The topological polar surface area (TPSA) is 135 Å². The molecule has 27 heavy (non-hydrogen) atoms. The van der Waals surface area contributed by atoms with Gasteiger partial charge in [-0.2, -0.15) is 13.5 Å². The minimum atomic E-state index is -4.06. The number of methoxy groups -OCH3 is 1. The molecule has 140 valence electrons. The Morgan fingerprint density at radius 2 is 2.07 bits per heavy atom. The Morgan fingerprint density at radius 1 is 1.33 bits per heavy atom. The number of benzene rings is 2. The molecule has 11 heteroatoms. The summed E-state index contributed by atoms with van der Waals surface area (Å²) in [6.07, 6.45) is 1.32. The maximum absolute atomic E-state index is 12.2. The van der Waals surface area contributed by atoms with E-state index in [9.17, 15) is 23.6 Å². The number of aromatic hydroxyl groups is 1. The molecule has 0 atom stereocenters. The number of phenols is 1. The van der Waals surface area contributed by atoms with Crippen molar-refractivity contribution in [3.63, 3.8) is 0 Å². The summed E-state index contributed by atoms with van der Waals surface area (Å²) in [5.74, 6) is 0.160. The van der Waals surface area contributed by atoms with Crippen LogP contribution in [0.5, 0.6) is 11.5 Å². The number of fused-ring (bicyclic) bond motifs is 1. The van der Waals surface area contributed by atoms with Crippen LogP contribution in [0.1, 0.15) is 11.1 Å². The summed E-state index contributed by atoms with van der Waals surface area (Å²) in [7, 11) is -1.18. The van der Waals surface area contributed by atoms with E-state index in [0.29, 0.717) is 5.56 Å². The number of ether oxygens (including phenoxy) is 1. The molecular formula is C16H14N4O6S. The van der Waals surface area contributed by atoms with Crippen LogP contribution in [-0.4, -0.2) is 49.7 Å². The number of hydrogen-bond acceptors (Lipinski definition) is 8. The smallest absolute Gasteiger partial charge is 0.285 e. The maximum Gasteiger partial charge on any atom is 0.285 e. The van der Waals surface area contributed by atoms with Crippen molar-refractivity contribution < 1.29 is 23.2 Å². The third-order valence-corrected chi connectivity index (χ3v) is 5.14. The number of hydrogen-bond donors (Lipinski definition) is 1. The van der Waals surface area contributed by atoms with Gasteiger partial charge in [0, 0.05) is 30.3 Å². The van der Waals surface area contributed by atoms with Crippen LogP contribution < -0.4 is 4.74 Å². The largest absolute Gasteiger partial charge is 0.504 e. The molecule has 1 N–H and O–H groups in total. The molecule has 0 unspecified atom stereocenters. The van der Waals surface area contributed by atoms with Gasteiger partial charge < -0.3 is 9.84 Å². The van der Waals surface area contributed by atoms with Crippen LogP contribution in [0, 0.1) is 10.1 Å². The predicted molar refractivity (Wildman–Crippen MR) is 96.8 cm³/mol. The first-order chi connectivity index (χ1) is 12.7. The van der Waals surface area contributed by atoms with E-state index in [2.05, 4.69) is 9.50 Å². The Hall–Kier alpha value is -3.47. The van der Waals surface area contributed by atoms with Crippen LogP contribution in [0.3, 0.4) is 0 Å². The summed E-state index contributed by atoms with van der Waals surface area (Å²) >= 11 is 0. The van der Waals surface area contributed by atoms with E-state index in [1.54, 1.807) is 18.2 Å². The van der Waals surface area contributed by atoms with Crippen LogP contribution in [0.4, 0.5) is 5.69 Å². The summed E-state index contributed by atoms with van der Waals surface area (Å²) in [6.45, 7) is 0. The van der Waals surface area contributed by atoms with E-state index < -0.39 is 14.9 Å². The van der Waals surface area contributed by atoms with E-state index in [1.165, 1.54) is 37.5 Å². The highest BCUT2D eigenvalue weighted by molar-refractivity contribution is 7.90. The van der Waals surface area contributed by atoms with Crippen LogP contribution in [0.15, 0.2) is 50.8 Å². The molecule has 0 spiro atoms. The van der Waals surface area contributed by atoms with Crippen molar-refractivity contribution in [3.05, 3.63) is 57.6 Å². The Bertz CT molecular complexity index is 1090. The van der Waals surface area contributed by atoms with Crippen LogP contribution in [0.2, 0.25) is 0 Å². The van der Waals surface area contributed by atoms with Crippen molar-refractivity contribution in [2.24, 2.45) is 9.50 Å². The van der Waals surface area contributed by atoms with Crippen molar-refractivity contribution in [1.29, 1.82) is 0 Å². The molecule has 0 amide bonds. The molecule has 1 heterocycles. The number of hydrazone groups is 1. The molecule has 0 fully saturated rings. The first-order valence-corrected chi connectivity index (χ1v) is 8.96. The molecule has 2 aromatic rings. The van der Waals surface area contributed by atoms with Crippen molar-refractivity contribution in [1.82, 2.24) is 5.01 Å². The minimum Gasteiger partial charge on any atom is -0.504 e. The highest BCUT2D eigenvalue weighted by atomic mass is 32.2. The van der Waals surface area contributed by atoms with Gasteiger partial charge >= 0.3 is 0 Å². The molecule has 3 rings (SSSR count). The van der Waals surface area contributed by atoms with Crippen molar-refractivity contribution in [3.8, 4) is 11.5 Å². The zero-order valence-corrected chi connectivity index (χ0v) is 15.0. The SMILES string of the molecule is COc1cccc(C=NN(C)C2=NS(=O)(=O)c3cc([N+](=O)[O-])ccc32)c1O. The van der Waals surface area contributed by atoms with Crippen molar-refractivity contribution >= 4 is 27.8 Å². The van der Waals surface area contributed by atoms with Gasteiger partial charge in [-0.3, -0.25) is 10.1 Å². The Balaban J connectivity index is 1.96. The molecule has 0 aliphatic carbocycles. The molecule has 1 aliphatic heterocycles. The fraction of sp³-hybridized carbons (Fsp3) is 0.125. The number of amidine groups is 1. The van der Waals surface area contributed by atoms with E-state index in [4.69, 9.17) is 4.74 Å². The predicted octanol–water partition coefficient (Wildman–Crippen LogP) is 1.72. The fourth-order valence-electron chi connectivity index (χ4n) is 2.48. The third-order valence-electron chi connectivity index (χ3n) is 3.83. The standard InChI is InChI=1S/C16H14N4O6S/c1-19(17-9-10-4-3-5-13(26-2)15(10)21)16-12-7-6-11(20(22)23)8-14(12)27(24,25)18-16/h3-9,21H,1-2H3. The number of sulfonamides is 1. The van der Waals surface area contributed by atoms with Gasteiger partial charge in [-0.05, 0) is 18.2 Å². The number of nitro groups is 1. The Labute approximate surface area is 154 Å². The van der Waals surface area contributed by atoms with E-state index in [1.807, 2.05) is 0 Å². The second kappa shape index (κ2) is 6.68.